The van der Waals surface area contributed by atoms with Crippen molar-refractivity contribution in [2.75, 3.05) is 6.61 Å². The van der Waals surface area contributed by atoms with Crippen molar-refractivity contribution in [3.05, 3.63) is 29.2 Å². The summed E-state index contributed by atoms with van der Waals surface area (Å²) in [4.78, 5) is 16.8. The standard InChI is InChI=1S/C20H22F3N3O2/c1-2-28-18(27)14-10-24-26-16(20(21,22)23)6-15(25-17(14)26)19-7-11-3-12(8-19)5-13(4-11)9-19/h6,10-13H,2-5,7-9H2,1H3. The minimum Gasteiger partial charge on any atom is -0.462 e. The van der Waals surface area contributed by atoms with Gasteiger partial charge in [-0.3, -0.25) is 0 Å². The molecule has 2 aromatic heterocycles. The van der Waals surface area contributed by atoms with Crippen molar-refractivity contribution in [3.63, 3.8) is 0 Å². The Labute approximate surface area is 160 Å². The summed E-state index contributed by atoms with van der Waals surface area (Å²) in [6, 6.07) is 1.17. The normalized spacial score (nSPS) is 31.5. The average Bonchev–Trinajstić information content (AvgIpc) is 3.03. The molecule has 6 rings (SSSR count). The van der Waals surface area contributed by atoms with Crippen LogP contribution < -0.4 is 0 Å². The summed E-state index contributed by atoms with van der Waals surface area (Å²) in [5, 5.41) is 3.81. The van der Waals surface area contributed by atoms with Gasteiger partial charge in [0.05, 0.1) is 18.5 Å². The van der Waals surface area contributed by atoms with Gasteiger partial charge in [0.2, 0.25) is 0 Å². The molecule has 0 unspecified atom stereocenters. The predicted molar refractivity (Wildman–Crippen MR) is 93.8 cm³/mol. The van der Waals surface area contributed by atoms with Crippen LogP contribution in [0.4, 0.5) is 13.2 Å². The van der Waals surface area contributed by atoms with Gasteiger partial charge in [-0.1, -0.05) is 0 Å². The Bertz CT molecular complexity index is 915. The summed E-state index contributed by atoms with van der Waals surface area (Å²) in [6.07, 6.45) is 2.78. The van der Waals surface area contributed by atoms with Gasteiger partial charge in [-0.05, 0) is 69.3 Å². The molecule has 0 spiro atoms. The lowest BCUT2D eigenvalue weighted by atomic mass is 9.49. The first-order valence-electron chi connectivity index (χ1n) is 9.92. The number of aromatic nitrogens is 3. The van der Waals surface area contributed by atoms with Crippen LogP contribution in [0, 0.1) is 17.8 Å². The number of alkyl halides is 3. The van der Waals surface area contributed by atoms with Crippen LogP contribution in [0.5, 0.6) is 0 Å². The lowest BCUT2D eigenvalue weighted by Gasteiger charge is -2.56. The van der Waals surface area contributed by atoms with Crippen molar-refractivity contribution in [2.45, 2.75) is 57.0 Å². The van der Waals surface area contributed by atoms with Gasteiger partial charge >= 0.3 is 12.1 Å². The van der Waals surface area contributed by atoms with E-state index in [4.69, 9.17) is 4.74 Å². The summed E-state index contributed by atoms with van der Waals surface area (Å²) in [6.45, 7) is 1.79. The summed E-state index contributed by atoms with van der Waals surface area (Å²) >= 11 is 0. The molecule has 4 aliphatic carbocycles. The van der Waals surface area contributed by atoms with Crippen LogP contribution in [0.2, 0.25) is 0 Å². The molecule has 4 saturated carbocycles. The number of ether oxygens (including phenoxy) is 1. The predicted octanol–water partition coefficient (Wildman–Crippen LogP) is 4.39. The smallest absolute Gasteiger partial charge is 0.433 e. The molecule has 2 heterocycles. The monoisotopic (exact) mass is 393 g/mol. The highest BCUT2D eigenvalue weighted by Gasteiger charge is 2.53. The van der Waals surface area contributed by atoms with E-state index in [1.807, 2.05) is 0 Å². The third-order valence-electron chi connectivity index (χ3n) is 6.84. The lowest BCUT2D eigenvalue weighted by molar-refractivity contribution is -0.142. The van der Waals surface area contributed by atoms with E-state index in [1.165, 1.54) is 25.3 Å². The number of rotatable bonds is 3. The van der Waals surface area contributed by atoms with Crippen LogP contribution in [-0.4, -0.2) is 27.2 Å². The Morgan fingerprint density at radius 2 is 1.82 bits per heavy atom. The van der Waals surface area contributed by atoms with Crippen molar-refractivity contribution in [1.82, 2.24) is 14.6 Å². The number of esters is 1. The molecule has 4 aliphatic rings. The van der Waals surface area contributed by atoms with Gasteiger partial charge in [0.15, 0.2) is 5.65 Å². The molecule has 4 bridgehead atoms. The molecular formula is C20H22F3N3O2. The number of halogens is 3. The topological polar surface area (TPSA) is 56.5 Å². The molecular weight excluding hydrogens is 371 g/mol. The molecule has 4 fully saturated rings. The fourth-order valence-electron chi connectivity index (χ4n) is 6.21. The van der Waals surface area contributed by atoms with E-state index >= 15 is 0 Å². The number of carbonyl (C=O) groups is 1. The molecule has 2 aromatic rings. The van der Waals surface area contributed by atoms with Gasteiger partial charge < -0.3 is 4.74 Å². The molecule has 0 amide bonds. The zero-order chi connectivity index (χ0) is 19.7. The highest BCUT2D eigenvalue weighted by atomic mass is 19.4. The van der Waals surface area contributed by atoms with Gasteiger partial charge in [0.1, 0.15) is 11.3 Å². The Morgan fingerprint density at radius 3 is 2.36 bits per heavy atom. The Kier molecular flexibility index (Phi) is 3.81. The second-order valence-electron chi connectivity index (χ2n) is 8.74. The van der Waals surface area contributed by atoms with Gasteiger partial charge in [0.25, 0.3) is 0 Å². The summed E-state index contributed by atoms with van der Waals surface area (Å²) in [5.41, 5.74) is -0.790. The molecule has 8 heteroatoms. The number of fused-ring (bicyclic) bond motifs is 1. The molecule has 0 radical (unpaired) electrons. The van der Waals surface area contributed by atoms with E-state index < -0.39 is 17.8 Å². The number of hydrogen-bond acceptors (Lipinski definition) is 4. The minimum atomic E-state index is -4.59. The molecule has 0 N–H and O–H groups in total. The van der Waals surface area contributed by atoms with Crippen molar-refractivity contribution in [1.29, 1.82) is 0 Å². The highest BCUT2D eigenvalue weighted by molar-refractivity contribution is 5.95. The maximum Gasteiger partial charge on any atom is 0.433 e. The maximum atomic E-state index is 13.8. The second kappa shape index (κ2) is 5.94. The van der Waals surface area contributed by atoms with Gasteiger partial charge in [-0.25, -0.2) is 14.3 Å². The molecule has 28 heavy (non-hydrogen) atoms. The molecule has 5 nitrogen and oxygen atoms in total. The molecule has 0 aliphatic heterocycles. The van der Waals surface area contributed by atoms with Gasteiger partial charge in [-0.15, -0.1) is 0 Å². The van der Waals surface area contributed by atoms with Crippen molar-refractivity contribution in [3.8, 4) is 0 Å². The fourth-order valence-corrected chi connectivity index (χ4v) is 6.21. The lowest BCUT2D eigenvalue weighted by Crippen LogP contribution is -2.49. The Hall–Kier alpha value is -2.12. The van der Waals surface area contributed by atoms with Gasteiger partial charge in [-0.2, -0.15) is 18.3 Å². The first kappa shape index (κ1) is 17.9. The zero-order valence-corrected chi connectivity index (χ0v) is 15.6. The minimum absolute atomic E-state index is 0.0149. The third-order valence-corrected chi connectivity index (χ3v) is 6.84. The molecule has 0 aromatic carbocycles. The summed E-state index contributed by atoms with van der Waals surface area (Å²) < 4.78 is 47.2. The van der Waals surface area contributed by atoms with E-state index in [0.29, 0.717) is 23.4 Å². The molecule has 0 atom stereocenters. The Balaban J connectivity index is 1.69. The van der Waals surface area contributed by atoms with E-state index in [2.05, 4.69) is 10.1 Å². The quantitative estimate of drug-likeness (QED) is 0.726. The first-order valence-corrected chi connectivity index (χ1v) is 9.92. The molecule has 150 valence electrons. The van der Waals surface area contributed by atoms with Crippen molar-refractivity contribution < 1.29 is 22.7 Å². The summed E-state index contributed by atoms with van der Waals surface area (Å²) in [5.74, 6) is 1.04. The van der Waals surface area contributed by atoms with Crippen LogP contribution in [0.3, 0.4) is 0 Å². The summed E-state index contributed by atoms with van der Waals surface area (Å²) in [7, 11) is 0. The number of hydrogen-bond donors (Lipinski definition) is 0. The average molecular weight is 393 g/mol. The van der Waals surface area contributed by atoms with Gasteiger partial charge in [0, 0.05) is 5.41 Å². The van der Waals surface area contributed by atoms with Crippen molar-refractivity contribution in [2.24, 2.45) is 17.8 Å². The van der Waals surface area contributed by atoms with E-state index in [1.54, 1.807) is 6.92 Å². The molecule has 0 saturated heterocycles. The van der Waals surface area contributed by atoms with E-state index in [9.17, 15) is 18.0 Å². The highest BCUT2D eigenvalue weighted by Crippen LogP contribution is 2.60. The van der Waals surface area contributed by atoms with E-state index in [-0.39, 0.29) is 23.2 Å². The maximum absolute atomic E-state index is 13.8. The van der Waals surface area contributed by atoms with E-state index in [0.717, 1.165) is 30.0 Å². The fraction of sp³-hybridized carbons (Fsp3) is 0.650. The number of carbonyl (C=O) groups excluding carboxylic acids is 1. The Morgan fingerprint density at radius 1 is 1.21 bits per heavy atom. The largest absolute Gasteiger partial charge is 0.462 e. The second-order valence-corrected chi connectivity index (χ2v) is 8.74. The number of nitrogens with zero attached hydrogens (tertiary/aromatic N) is 3. The SMILES string of the molecule is CCOC(=O)c1cnn2c(C(F)(F)F)cc(C34CC5CC(CC(C5)C3)C4)nc12. The third kappa shape index (κ3) is 2.63. The van der Waals surface area contributed by atoms with Crippen LogP contribution in [0.1, 0.15) is 67.2 Å². The van der Waals surface area contributed by atoms with Crippen LogP contribution in [-0.2, 0) is 16.3 Å². The van der Waals surface area contributed by atoms with Crippen LogP contribution >= 0.6 is 0 Å². The van der Waals surface area contributed by atoms with Crippen molar-refractivity contribution >= 4 is 11.6 Å². The van der Waals surface area contributed by atoms with Crippen LogP contribution in [0.15, 0.2) is 12.3 Å². The van der Waals surface area contributed by atoms with Crippen LogP contribution in [0.25, 0.3) is 5.65 Å². The zero-order valence-electron chi connectivity index (χ0n) is 15.6. The first-order chi connectivity index (χ1) is 13.3.